The van der Waals surface area contributed by atoms with Gasteiger partial charge in [-0.2, -0.15) is 5.26 Å². The van der Waals surface area contributed by atoms with Crippen molar-refractivity contribution in [3.63, 3.8) is 0 Å². The van der Waals surface area contributed by atoms with Gasteiger partial charge in [0.1, 0.15) is 6.07 Å². The number of nitriles is 1. The monoisotopic (exact) mass is 252 g/mol. The SMILES string of the molecule is CCc1c(C#N)c(C)n(C(C)=O)c1-c1ccccc1. The molecule has 1 heterocycles. The summed E-state index contributed by atoms with van der Waals surface area (Å²) in [5.41, 5.74) is 4.12. The van der Waals surface area contributed by atoms with Gasteiger partial charge in [-0.05, 0) is 24.5 Å². The van der Waals surface area contributed by atoms with E-state index in [1.165, 1.54) is 6.92 Å². The zero-order chi connectivity index (χ0) is 14.0. The number of hydrogen-bond acceptors (Lipinski definition) is 2. The van der Waals surface area contributed by atoms with Crippen LogP contribution in [0.2, 0.25) is 0 Å². The van der Waals surface area contributed by atoms with Gasteiger partial charge in [-0.15, -0.1) is 0 Å². The molecule has 0 aliphatic carbocycles. The highest BCUT2D eigenvalue weighted by Crippen LogP contribution is 2.31. The summed E-state index contributed by atoms with van der Waals surface area (Å²) in [6.07, 6.45) is 0.730. The molecule has 1 aromatic heterocycles. The van der Waals surface area contributed by atoms with Gasteiger partial charge in [0.15, 0.2) is 0 Å². The minimum absolute atomic E-state index is 0.0625. The van der Waals surface area contributed by atoms with Gasteiger partial charge in [0, 0.05) is 12.6 Å². The first kappa shape index (κ1) is 13.1. The highest BCUT2D eigenvalue weighted by molar-refractivity contribution is 5.86. The summed E-state index contributed by atoms with van der Waals surface area (Å²) < 4.78 is 1.65. The van der Waals surface area contributed by atoms with Crippen LogP contribution in [0.15, 0.2) is 30.3 Å². The largest absolute Gasteiger partial charge is 0.283 e. The molecule has 0 saturated carbocycles. The van der Waals surface area contributed by atoms with Gasteiger partial charge in [0.2, 0.25) is 5.91 Å². The molecular formula is C16H16N2O. The predicted molar refractivity (Wildman–Crippen MR) is 75.0 cm³/mol. The Balaban J connectivity index is 2.86. The van der Waals surface area contributed by atoms with Crippen molar-refractivity contribution in [3.8, 4) is 17.3 Å². The normalized spacial score (nSPS) is 10.2. The lowest BCUT2D eigenvalue weighted by Crippen LogP contribution is -2.09. The number of carbonyl (C=O) groups is 1. The standard InChI is InChI=1S/C16H16N2O/c1-4-14-15(10-17)11(2)18(12(3)19)16(14)13-8-6-5-7-9-13/h5-9H,4H2,1-3H3. The quantitative estimate of drug-likeness (QED) is 0.820. The van der Waals surface area contributed by atoms with Gasteiger partial charge >= 0.3 is 0 Å². The first-order valence-corrected chi connectivity index (χ1v) is 6.32. The Morgan fingerprint density at radius 2 is 1.95 bits per heavy atom. The van der Waals surface area contributed by atoms with Gasteiger partial charge in [-0.25, -0.2) is 0 Å². The molecule has 19 heavy (non-hydrogen) atoms. The number of nitrogens with zero attached hydrogens (tertiary/aromatic N) is 2. The lowest BCUT2D eigenvalue weighted by atomic mass is 10.0. The summed E-state index contributed by atoms with van der Waals surface area (Å²) in [6, 6.07) is 12.0. The first-order valence-electron chi connectivity index (χ1n) is 6.32. The topological polar surface area (TPSA) is 45.8 Å². The second-order valence-corrected chi connectivity index (χ2v) is 4.47. The zero-order valence-corrected chi connectivity index (χ0v) is 11.4. The summed E-state index contributed by atoms with van der Waals surface area (Å²) in [5.74, 6) is -0.0625. The van der Waals surface area contributed by atoms with E-state index in [1.54, 1.807) is 4.57 Å². The molecule has 3 heteroatoms. The van der Waals surface area contributed by atoms with Crippen LogP contribution < -0.4 is 0 Å². The summed E-state index contributed by atoms with van der Waals surface area (Å²) in [7, 11) is 0. The van der Waals surface area contributed by atoms with Crippen LogP contribution >= 0.6 is 0 Å². The Kier molecular flexibility index (Phi) is 3.52. The number of hydrogen-bond donors (Lipinski definition) is 0. The maximum Gasteiger partial charge on any atom is 0.228 e. The molecule has 0 fully saturated rings. The minimum atomic E-state index is -0.0625. The van der Waals surface area contributed by atoms with Gasteiger partial charge < -0.3 is 0 Å². The van der Waals surface area contributed by atoms with Crippen LogP contribution in [0.1, 0.15) is 35.5 Å². The average Bonchev–Trinajstić information content (AvgIpc) is 2.71. The Hall–Kier alpha value is -2.34. The third kappa shape index (κ3) is 2.06. The molecule has 0 aliphatic rings. The van der Waals surface area contributed by atoms with Crippen LogP contribution in [0.4, 0.5) is 0 Å². The Morgan fingerprint density at radius 3 is 2.42 bits per heavy atom. The number of carbonyl (C=O) groups excluding carboxylic acids is 1. The molecule has 2 rings (SSSR count). The molecule has 0 aliphatic heterocycles. The lowest BCUT2D eigenvalue weighted by molar-refractivity contribution is 0.0936. The molecule has 0 unspecified atom stereocenters. The van der Waals surface area contributed by atoms with E-state index in [0.29, 0.717) is 5.56 Å². The predicted octanol–water partition coefficient (Wildman–Crippen LogP) is 3.56. The van der Waals surface area contributed by atoms with Crippen molar-refractivity contribution in [2.75, 3.05) is 0 Å². The van der Waals surface area contributed by atoms with Crippen molar-refractivity contribution in [1.82, 2.24) is 4.57 Å². The number of aromatic nitrogens is 1. The molecular weight excluding hydrogens is 236 g/mol. The average molecular weight is 252 g/mol. The smallest absolute Gasteiger partial charge is 0.228 e. The fraction of sp³-hybridized carbons (Fsp3) is 0.250. The lowest BCUT2D eigenvalue weighted by Gasteiger charge is -2.09. The molecule has 96 valence electrons. The highest BCUT2D eigenvalue weighted by Gasteiger charge is 2.22. The third-order valence-electron chi connectivity index (χ3n) is 3.34. The molecule has 0 spiro atoms. The zero-order valence-electron chi connectivity index (χ0n) is 11.4. The van der Waals surface area contributed by atoms with Crippen LogP contribution in [0.5, 0.6) is 0 Å². The Bertz CT molecular complexity index is 660. The summed E-state index contributed by atoms with van der Waals surface area (Å²) >= 11 is 0. The maximum absolute atomic E-state index is 11.9. The van der Waals surface area contributed by atoms with E-state index in [-0.39, 0.29) is 5.91 Å². The summed E-state index contributed by atoms with van der Waals surface area (Å²) in [6.45, 7) is 5.36. The van der Waals surface area contributed by atoms with Crippen molar-refractivity contribution in [1.29, 1.82) is 5.26 Å². The van der Waals surface area contributed by atoms with Crippen molar-refractivity contribution < 1.29 is 4.79 Å². The van der Waals surface area contributed by atoms with E-state index in [9.17, 15) is 10.1 Å². The molecule has 0 N–H and O–H groups in total. The van der Waals surface area contributed by atoms with Crippen LogP contribution in [0, 0.1) is 18.3 Å². The molecule has 0 radical (unpaired) electrons. The molecule has 1 aromatic carbocycles. The van der Waals surface area contributed by atoms with E-state index < -0.39 is 0 Å². The van der Waals surface area contributed by atoms with Crippen molar-refractivity contribution >= 4 is 5.91 Å². The van der Waals surface area contributed by atoms with Crippen LogP contribution in [-0.2, 0) is 6.42 Å². The minimum Gasteiger partial charge on any atom is -0.283 e. The van der Waals surface area contributed by atoms with E-state index in [1.807, 2.05) is 44.2 Å². The Morgan fingerprint density at radius 1 is 1.32 bits per heavy atom. The first-order chi connectivity index (χ1) is 9.11. The molecule has 2 aromatic rings. The number of rotatable bonds is 2. The van der Waals surface area contributed by atoms with Gasteiger partial charge in [-0.3, -0.25) is 9.36 Å². The van der Waals surface area contributed by atoms with Crippen LogP contribution in [-0.4, -0.2) is 10.5 Å². The van der Waals surface area contributed by atoms with Crippen LogP contribution in [0.3, 0.4) is 0 Å². The molecule has 0 atom stereocenters. The van der Waals surface area contributed by atoms with Crippen molar-refractivity contribution in [2.24, 2.45) is 0 Å². The van der Waals surface area contributed by atoms with E-state index in [0.717, 1.165) is 28.9 Å². The van der Waals surface area contributed by atoms with Gasteiger partial charge in [0.05, 0.1) is 11.3 Å². The fourth-order valence-corrected chi connectivity index (χ4v) is 2.54. The van der Waals surface area contributed by atoms with E-state index in [4.69, 9.17) is 0 Å². The second kappa shape index (κ2) is 5.11. The fourth-order valence-electron chi connectivity index (χ4n) is 2.54. The van der Waals surface area contributed by atoms with Crippen molar-refractivity contribution in [3.05, 3.63) is 47.2 Å². The third-order valence-corrected chi connectivity index (χ3v) is 3.34. The van der Waals surface area contributed by atoms with Gasteiger partial charge in [0.25, 0.3) is 0 Å². The van der Waals surface area contributed by atoms with Gasteiger partial charge in [-0.1, -0.05) is 37.3 Å². The maximum atomic E-state index is 11.9. The molecule has 3 nitrogen and oxygen atoms in total. The van der Waals surface area contributed by atoms with Crippen LogP contribution in [0.25, 0.3) is 11.3 Å². The number of benzene rings is 1. The molecule has 0 bridgehead atoms. The molecule has 0 amide bonds. The van der Waals surface area contributed by atoms with Crippen molar-refractivity contribution in [2.45, 2.75) is 27.2 Å². The highest BCUT2D eigenvalue weighted by atomic mass is 16.1. The molecule has 0 saturated heterocycles. The second-order valence-electron chi connectivity index (χ2n) is 4.47. The van der Waals surface area contributed by atoms with E-state index in [2.05, 4.69) is 6.07 Å². The Labute approximate surface area is 113 Å². The van der Waals surface area contributed by atoms with E-state index >= 15 is 0 Å². The summed E-state index contributed by atoms with van der Waals surface area (Å²) in [4.78, 5) is 11.9. The summed E-state index contributed by atoms with van der Waals surface area (Å²) in [5, 5.41) is 9.32.